The van der Waals surface area contributed by atoms with Gasteiger partial charge in [0, 0.05) is 26.6 Å². The zero-order valence-electron chi connectivity index (χ0n) is 16.5. The van der Waals surface area contributed by atoms with Crippen LogP contribution < -0.4 is 0 Å². The second-order valence-corrected chi connectivity index (χ2v) is 8.39. The molecule has 1 N–H and O–H groups in total. The third kappa shape index (κ3) is 3.19. The lowest BCUT2D eigenvalue weighted by Crippen LogP contribution is -2.49. The second kappa shape index (κ2) is 6.93. The van der Waals surface area contributed by atoms with Gasteiger partial charge in [-0.3, -0.25) is 9.59 Å². The molecule has 26 heavy (non-hydrogen) atoms. The van der Waals surface area contributed by atoms with Gasteiger partial charge < -0.3 is 14.9 Å². The first-order valence-corrected chi connectivity index (χ1v) is 9.62. The molecule has 5 heteroatoms. The van der Waals surface area contributed by atoms with Gasteiger partial charge in [0.2, 0.25) is 5.91 Å². The Bertz CT molecular complexity index is 726. The van der Waals surface area contributed by atoms with Crippen LogP contribution in [0.25, 0.3) is 0 Å². The number of phenols is 1. The monoisotopic (exact) mass is 358 g/mol. The lowest BCUT2D eigenvalue weighted by atomic mass is 9.89. The average molecular weight is 358 g/mol. The van der Waals surface area contributed by atoms with Gasteiger partial charge in [0.25, 0.3) is 5.91 Å². The minimum atomic E-state index is -0.127. The van der Waals surface area contributed by atoms with Crippen molar-refractivity contribution in [2.24, 2.45) is 5.92 Å². The molecule has 2 aliphatic rings. The van der Waals surface area contributed by atoms with Gasteiger partial charge in [0.1, 0.15) is 5.75 Å². The molecule has 0 spiro atoms. The van der Waals surface area contributed by atoms with Crippen LogP contribution in [0.3, 0.4) is 0 Å². The average Bonchev–Trinajstić information content (AvgIpc) is 2.88. The normalized spacial score (nSPS) is 23.1. The van der Waals surface area contributed by atoms with E-state index in [1.807, 2.05) is 33.0 Å². The molecule has 2 heterocycles. The van der Waals surface area contributed by atoms with E-state index in [9.17, 15) is 14.7 Å². The topological polar surface area (TPSA) is 60.9 Å². The van der Waals surface area contributed by atoms with Crippen LogP contribution in [0, 0.1) is 5.92 Å². The summed E-state index contributed by atoms with van der Waals surface area (Å²) in [5, 5.41) is 10.7. The van der Waals surface area contributed by atoms with Crippen LogP contribution in [0.15, 0.2) is 12.1 Å². The first kappa shape index (κ1) is 18.7. The fraction of sp³-hybridized carbons (Fsp3) is 0.619. The molecular weight excluding hydrogens is 328 g/mol. The Morgan fingerprint density at radius 1 is 1.19 bits per heavy atom. The van der Waals surface area contributed by atoms with Gasteiger partial charge in [-0.25, -0.2) is 0 Å². The Labute approximate surface area is 156 Å². The molecule has 2 fully saturated rings. The van der Waals surface area contributed by atoms with Crippen molar-refractivity contribution in [3.05, 3.63) is 28.8 Å². The summed E-state index contributed by atoms with van der Waals surface area (Å²) < 4.78 is 0. The van der Waals surface area contributed by atoms with E-state index in [4.69, 9.17) is 0 Å². The summed E-state index contributed by atoms with van der Waals surface area (Å²) in [5.74, 6) is 0.915. The van der Waals surface area contributed by atoms with Crippen molar-refractivity contribution in [2.45, 2.75) is 58.4 Å². The third-order valence-corrected chi connectivity index (χ3v) is 6.02. The number of likely N-dealkylation sites (N-methyl/N-ethyl adjacent to an activating group) is 1. The second-order valence-electron chi connectivity index (χ2n) is 8.39. The number of likely N-dealkylation sites (tertiary alicyclic amines) is 2. The fourth-order valence-electron chi connectivity index (χ4n) is 4.18. The smallest absolute Gasteiger partial charge is 0.257 e. The van der Waals surface area contributed by atoms with E-state index >= 15 is 0 Å². The maximum Gasteiger partial charge on any atom is 0.257 e. The number of rotatable bonds is 3. The molecule has 2 atom stereocenters. The number of benzene rings is 1. The maximum atomic E-state index is 13.2. The fourth-order valence-corrected chi connectivity index (χ4v) is 4.18. The van der Waals surface area contributed by atoms with E-state index in [2.05, 4.69) is 13.8 Å². The Morgan fingerprint density at radius 2 is 1.88 bits per heavy atom. The molecule has 142 valence electrons. The summed E-state index contributed by atoms with van der Waals surface area (Å²) in [6.07, 6.45) is 1.43. The molecule has 1 aromatic rings. The van der Waals surface area contributed by atoms with E-state index < -0.39 is 0 Å². The molecule has 0 unspecified atom stereocenters. The van der Waals surface area contributed by atoms with Crippen molar-refractivity contribution in [2.75, 3.05) is 20.1 Å². The highest BCUT2D eigenvalue weighted by molar-refractivity contribution is 5.98. The number of nitrogens with zero attached hydrogens (tertiary/aromatic N) is 2. The highest BCUT2D eigenvalue weighted by atomic mass is 16.3. The molecule has 5 nitrogen and oxygen atoms in total. The lowest BCUT2D eigenvalue weighted by molar-refractivity contribution is -0.127. The van der Waals surface area contributed by atoms with Crippen LogP contribution in [0.5, 0.6) is 5.75 Å². The standard InChI is InChI=1S/C21H30N2O3/c1-12(2)15-8-16(13(3)4)20(25)17(9-15)21(26)23-7-6-14-10-19(24)22(5)18(14)11-23/h8-9,12-14,18,25H,6-7,10-11H2,1-5H3/t14-,18-/m1/s1. The van der Waals surface area contributed by atoms with Crippen LogP contribution in [0.1, 0.15) is 73.9 Å². The number of hydrogen-bond donors (Lipinski definition) is 1. The summed E-state index contributed by atoms with van der Waals surface area (Å²) >= 11 is 0. The van der Waals surface area contributed by atoms with Gasteiger partial charge in [-0.15, -0.1) is 0 Å². The number of amides is 2. The maximum absolute atomic E-state index is 13.2. The number of aromatic hydroxyl groups is 1. The van der Waals surface area contributed by atoms with Crippen LogP contribution >= 0.6 is 0 Å². The van der Waals surface area contributed by atoms with Crippen molar-refractivity contribution < 1.29 is 14.7 Å². The molecule has 2 aliphatic heterocycles. The highest BCUT2D eigenvalue weighted by Crippen LogP contribution is 2.36. The van der Waals surface area contributed by atoms with Crippen LogP contribution in [-0.4, -0.2) is 52.9 Å². The van der Waals surface area contributed by atoms with Crippen molar-refractivity contribution >= 4 is 11.8 Å². The predicted molar refractivity (Wildman–Crippen MR) is 101 cm³/mol. The SMILES string of the molecule is CC(C)c1cc(C(=O)N2CC[C@@H]3CC(=O)N(C)[C@@H]3C2)c(O)c(C(C)C)c1. The minimum absolute atomic E-state index is 0.0974. The van der Waals surface area contributed by atoms with E-state index in [-0.39, 0.29) is 35.4 Å². The molecule has 2 saturated heterocycles. The first-order chi connectivity index (χ1) is 12.2. The summed E-state index contributed by atoms with van der Waals surface area (Å²) in [6, 6.07) is 3.95. The number of piperidine rings is 1. The van der Waals surface area contributed by atoms with Gasteiger partial charge >= 0.3 is 0 Å². The van der Waals surface area contributed by atoms with E-state index in [1.54, 1.807) is 9.80 Å². The molecular formula is C21H30N2O3. The summed E-state index contributed by atoms with van der Waals surface area (Å²) in [6.45, 7) is 9.43. The number of carbonyl (C=O) groups excluding carboxylic acids is 2. The number of hydrogen-bond acceptors (Lipinski definition) is 3. The predicted octanol–water partition coefficient (Wildman–Crippen LogP) is 3.33. The molecule has 0 aliphatic carbocycles. The lowest BCUT2D eigenvalue weighted by Gasteiger charge is -2.37. The first-order valence-electron chi connectivity index (χ1n) is 9.62. The van der Waals surface area contributed by atoms with E-state index in [0.717, 1.165) is 17.5 Å². The molecule has 0 radical (unpaired) electrons. The Balaban J connectivity index is 1.91. The van der Waals surface area contributed by atoms with Gasteiger partial charge in [-0.05, 0) is 41.4 Å². The number of fused-ring (bicyclic) bond motifs is 1. The van der Waals surface area contributed by atoms with Gasteiger partial charge in [0.05, 0.1) is 11.6 Å². The van der Waals surface area contributed by atoms with Crippen LogP contribution in [0.2, 0.25) is 0 Å². The Morgan fingerprint density at radius 3 is 2.50 bits per heavy atom. The largest absolute Gasteiger partial charge is 0.507 e. The quantitative estimate of drug-likeness (QED) is 0.901. The zero-order valence-corrected chi connectivity index (χ0v) is 16.5. The summed E-state index contributed by atoms with van der Waals surface area (Å²) in [4.78, 5) is 28.8. The zero-order chi connectivity index (χ0) is 19.2. The number of phenolic OH excluding ortho intramolecular Hbond substituents is 1. The summed E-state index contributed by atoms with van der Waals surface area (Å²) in [5.41, 5.74) is 2.28. The van der Waals surface area contributed by atoms with Gasteiger partial charge in [-0.1, -0.05) is 33.8 Å². The van der Waals surface area contributed by atoms with Crippen LogP contribution in [-0.2, 0) is 4.79 Å². The van der Waals surface area contributed by atoms with E-state index in [0.29, 0.717) is 31.0 Å². The van der Waals surface area contributed by atoms with Gasteiger partial charge in [0.15, 0.2) is 0 Å². The van der Waals surface area contributed by atoms with Crippen molar-refractivity contribution in [1.82, 2.24) is 9.80 Å². The Kier molecular flexibility index (Phi) is 5.00. The highest BCUT2D eigenvalue weighted by Gasteiger charge is 2.42. The molecule has 0 bridgehead atoms. The third-order valence-electron chi connectivity index (χ3n) is 6.02. The molecule has 0 aromatic heterocycles. The van der Waals surface area contributed by atoms with Crippen LogP contribution in [0.4, 0.5) is 0 Å². The Hall–Kier alpha value is -2.04. The molecule has 0 saturated carbocycles. The van der Waals surface area contributed by atoms with E-state index in [1.165, 1.54) is 0 Å². The molecule has 1 aromatic carbocycles. The minimum Gasteiger partial charge on any atom is -0.507 e. The van der Waals surface area contributed by atoms with Crippen molar-refractivity contribution in [1.29, 1.82) is 0 Å². The molecule has 2 amide bonds. The van der Waals surface area contributed by atoms with Crippen molar-refractivity contribution in [3.63, 3.8) is 0 Å². The van der Waals surface area contributed by atoms with Crippen molar-refractivity contribution in [3.8, 4) is 5.75 Å². The number of carbonyl (C=O) groups is 2. The molecule has 3 rings (SSSR count). The summed E-state index contributed by atoms with van der Waals surface area (Å²) in [7, 11) is 1.83. The van der Waals surface area contributed by atoms with Gasteiger partial charge in [-0.2, -0.15) is 0 Å².